The first-order valence-electron chi connectivity index (χ1n) is 11.6. The number of pyridine rings is 1. The van der Waals surface area contributed by atoms with Crippen LogP contribution in [0.15, 0.2) is 71.8 Å². The Hall–Kier alpha value is -4.11. The number of unbranched alkanes of at least 4 members (excludes halogenated alkanes) is 1. The van der Waals surface area contributed by atoms with E-state index < -0.39 is 5.82 Å². The maximum atomic E-state index is 14.6. The molecule has 0 amide bonds. The Balaban J connectivity index is 1.49. The Kier molecular flexibility index (Phi) is 6.73. The average molecular weight is 504 g/mol. The van der Waals surface area contributed by atoms with Crippen molar-refractivity contribution in [2.45, 2.75) is 32.7 Å². The highest BCUT2D eigenvalue weighted by Gasteiger charge is 2.18. The molecule has 5 rings (SSSR count). The molecule has 0 aliphatic heterocycles. The van der Waals surface area contributed by atoms with Crippen LogP contribution >= 0.6 is 11.6 Å². The fourth-order valence-electron chi connectivity index (χ4n) is 4.17. The second-order valence-electron chi connectivity index (χ2n) is 8.37. The summed E-state index contributed by atoms with van der Waals surface area (Å²) in [5, 5.41) is 14.5. The molecule has 0 radical (unpaired) electrons. The van der Waals surface area contributed by atoms with Gasteiger partial charge in [-0.2, -0.15) is 5.21 Å². The smallest absolute Gasteiger partial charge is 0.292 e. The van der Waals surface area contributed by atoms with Crippen LogP contribution in [0.1, 0.15) is 31.0 Å². The van der Waals surface area contributed by atoms with Crippen molar-refractivity contribution < 1.29 is 4.39 Å². The number of hydrogen-bond acceptors (Lipinski definition) is 5. The van der Waals surface area contributed by atoms with Crippen LogP contribution in [0.2, 0.25) is 5.02 Å². The van der Waals surface area contributed by atoms with E-state index in [-0.39, 0.29) is 16.4 Å². The van der Waals surface area contributed by atoms with Gasteiger partial charge in [-0.1, -0.05) is 61.3 Å². The van der Waals surface area contributed by atoms with Crippen molar-refractivity contribution in [3.8, 4) is 28.3 Å². The zero-order valence-corrected chi connectivity index (χ0v) is 20.3. The van der Waals surface area contributed by atoms with Crippen LogP contribution in [0.3, 0.4) is 0 Å². The monoisotopic (exact) mass is 503 g/mol. The van der Waals surface area contributed by atoms with E-state index in [9.17, 15) is 9.18 Å². The largest absolute Gasteiger partial charge is 0.333 e. The van der Waals surface area contributed by atoms with Gasteiger partial charge in [-0.15, -0.1) is 10.2 Å². The lowest BCUT2D eigenvalue weighted by atomic mass is 10.0. The van der Waals surface area contributed by atoms with Gasteiger partial charge in [-0.3, -0.25) is 14.1 Å². The van der Waals surface area contributed by atoms with E-state index in [1.807, 2.05) is 36.4 Å². The molecule has 8 nitrogen and oxygen atoms in total. The van der Waals surface area contributed by atoms with Crippen LogP contribution in [0.4, 0.5) is 4.39 Å². The predicted molar refractivity (Wildman–Crippen MR) is 136 cm³/mol. The number of para-hydroxylation sites is 1. The quantitative estimate of drug-likeness (QED) is 0.319. The number of benzene rings is 2. The number of nitrogens with zero attached hydrogens (tertiary/aromatic N) is 6. The number of tetrazole rings is 1. The number of rotatable bonds is 8. The molecule has 1 N–H and O–H groups in total. The van der Waals surface area contributed by atoms with Crippen molar-refractivity contribution in [1.82, 2.24) is 34.7 Å². The number of hydrogen-bond donors (Lipinski definition) is 1. The zero-order chi connectivity index (χ0) is 25.1. The number of aromatic nitrogens is 7. The Bertz CT molecular complexity index is 1520. The van der Waals surface area contributed by atoms with E-state index in [1.54, 1.807) is 23.0 Å². The number of aryl methyl sites for hydroxylation is 1. The second kappa shape index (κ2) is 10.2. The summed E-state index contributed by atoms with van der Waals surface area (Å²) in [6.45, 7) is 2.39. The number of halogens is 2. The number of aromatic amines is 1. The van der Waals surface area contributed by atoms with Gasteiger partial charge in [0, 0.05) is 29.2 Å². The van der Waals surface area contributed by atoms with Crippen LogP contribution in [0, 0.1) is 5.82 Å². The molecule has 0 atom stereocenters. The van der Waals surface area contributed by atoms with Crippen LogP contribution in [0.25, 0.3) is 28.3 Å². The molecule has 3 aromatic heterocycles. The van der Waals surface area contributed by atoms with Crippen molar-refractivity contribution in [2.75, 3.05) is 0 Å². The number of imidazole rings is 1. The fourth-order valence-corrected chi connectivity index (χ4v) is 4.42. The van der Waals surface area contributed by atoms with E-state index in [1.165, 1.54) is 16.7 Å². The van der Waals surface area contributed by atoms with E-state index in [0.29, 0.717) is 18.8 Å². The molecule has 36 heavy (non-hydrogen) atoms. The standard InChI is InChI=1S/C26H23ClFN7O/c1-2-3-7-18-16-35(24-21(27)10-6-11-22(24)28)26(36)34(18)15-17-12-13-23(29-14-17)19-8-4-5-9-20(19)25-30-32-33-31-25/h4-6,8-14,16H,2-3,7,15H2,1H3,(H,30,31,32,33). The SMILES string of the molecule is CCCCc1cn(-c2c(F)cccc2Cl)c(=O)n1Cc1ccc(-c2ccccc2-c2nn[nH]n2)nc1. The van der Waals surface area contributed by atoms with Gasteiger partial charge in [0.1, 0.15) is 11.5 Å². The minimum Gasteiger partial charge on any atom is -0.292 e. The lowest BCUT2D eigenvalue weighted by Gasteiger charge is -2.09. The molecule has 10 heteroatoms. The average Bonchev–Trinajstić information content (AvgIpc) is 3.53. The summed E-state index contributed by atoms with van der Waals surface area (Å²) >= 11 is 6.25. The van der Waals surface area contributed by atoms with Crippen molar-refractivity contribution in [2.24, 2.45) is 0 Å². The maximum absolute atomic E-state index is 14.6. The molecule has 0 saturated carbocycles. The number of H-pyrrole nitrogens is 1. The summed E-state index contributed by atoms with van der Waals surface area (Å²) in [4.78, 5) is 18.0. The summed E-state index contributed by atoms with van der Waals surface area (Å²) in [5.41, 5.74) is 3.79. The molecule has 0 bridgehead atoms. The third-order valence-electron chi connectivity index (χ3n) is 5.98. The van der Waals surface area contributed by atoms with Crippen LogP contribution < -0.4 is 5.69 Å². The molecule has 0 saturated heterocycles. The Morgan fingerprint density at radius 1 is 1.06 bits per heavy atom. The van der Waals surface area contributed by atoms with Crippen LogP contribution in [-0.2, 0) is 13.0 Å². The van der Waals surface area contributed by atoms with Crippen LogP contribution in [-0.4, -0.2) is 34.7 Å². The highest BCUT2D eigenvalue weighted by Crippen LogP contribution is 2.28. The molecule has 0 aliphatic carbocycles. The van der Waals surface area contributed by atoms with Crippen molar-refractivity contribution in [3.63, 3.8) is 0 Å². The number of nitrogens with one attached hydrogen (secondary N) is 1. The molecule has 2 aromatic carbocycles. The highest BCUT2D eigenvalue weighted by atomic mass is 35.5. The zero-order valence-electron chi connectivity index (χ0n) is 19.5. The van der Waals surface area contributed by atoms with Gasteiger partial charge in [0.25, 0.3) is 0 Å². The third kappa shape index (κ3) is 4.57. The van der Waals surface area contributed by atoms with Gasteiger partial charge in [-0.25, -0.2) is 9.18 Å². The predicted octanol–water partition coefficient (Wildman–Crippen LogP) is 5.06. The van der Waals surface area contributed by atoms with E-state index in [2.05, 4.69) is 32.5 Å². The minimum atomic E-state index is -0.546. The van der Waals surface area contributed by atoms with Crippen LogP contribution in [0.5, 0.6) is 0 Å². The van der Waals surface area contributed by atoms with Gasteiger partial charge in [0.05, 0.1) is 17.3 Å². The summed E-state index contributed by atoms with van der Waals surface area (Å²) in [5.74, 6) is -0.0631. The highest BCUT2D eigenvalue weighted by molar-refractivity contribution is 6.32. The maximum Gasteiger partial charge on any atom is 0.333 e. The Morgan fingerprint density at radius 3 is 2.58 bits per heavy atom. The molecular formula is C26H23ClFN7O. The van der Waals surface area contributed by atoms with Crippen molar-refractivity contribution in [3.05, 3.63) is 99.6 Å². The molecule has 0 fully saturated rings. The molecule has 3 heterocycles. The molecule has 0 aliphatic rings. The van der Waals surface area contributed by atoms with Gasteiger partial charge in [0.2, 0.25) is 5.82 Å². The first-order valence-corrected chi connectivity index (χ1v) is 12.0. The first kappa shape index (κ1) is 23.6. The molecule has 0 spiro atoms. The topological polar surface area (TPSA) is 94.3 Å². The van der Waals surface area contributed by atoms with Gasteiger partial charge < -0.3 is 0 Å². The normalized spacial score (nSPS) is 11.2. The summed E-state index contributed by atoms with van der Waals surface area (Å²) < 4.78 is 17.6. The fraction of sp³-hybridized carbons (Fsp3) is 0.192. The molecule has 0 unspecified atom stereocenters. The second-order valence-corrected chi connectivity index (χ2v) is 8.77. The third-order valence-corrected chi connectivity index (χ3v) is 6.29. The minimum absolute atomic E-state index is 0.0622. The van der Waals surface area contributed by atoms with Gasteiger partial charge in [0.15, 0.2) is 0 Å². The lowest BCUT2D eigenvalue weighted by molar-refractivity contribution is 0.613. The molecule has 5 aromatic rings. The Morgan fingerprint density at radius 2 is 1.89 bits per heavy atom. The lowest BCUT2D eigenvalue weighted by Crippen LogP contribution is -2.25. The first-order chi connectivity index (χ1) is 17.6. The van der Waals surface area contributed by atoms with Gasteiger partial charge in [-0.05, 0) is 41.8 Å². The molecule has 182 valence electrons. The molecular weight excluding hydrogens is 481 g/mol. The van der Waals surface area contributed by atoms with E-state index in [0.717, 1.165) is 40.9 Å². The summed E-state index contributed by atoms with van der Waals surface area (Å²) in [6.07, 6.45) is 5.99. The van der Waals surface area contributed by atoms with Crippen molar-refractivity contribution >= 4 is 11.6 Å². The van der Waals surface area contributed by atoms with Gasteiger partial charge >= 0.3 is 5.69 Å². The van der Waals surface area contributed by atoms with E-state index >= 15 is 0 Å². The summed E-state index contributed by atoms with van der Waals surface area (Å²) in [6, 6.07) is 15.9. The Labute approximate surface area is 211 Å². The van der Waals surface area contributed by atoms with Crippen molar-refractivity contribution in [1.29, 1.82) is 0 Å². The van der Waals surface area contributed by atoms with E-state index in [4.69, 9.17) is 11.6 Å². The summed E-state index contributed by atoms with van der Waals surface area (Å²) in [7, 11) is 0.